The highest BCUT2D eigenvalue weighted by Crippen LogP contribution is 2.16. The molecule has 1 aromatic carbocycles. The fourth-order valence-electron chi connectivity index (χ4n) is 2.03. The van der Waals surface area contributed by atoms with E-state index in [1.165, 1.54) is 15.6 Å². The quantitative estimate of drug-likeness (QED) is 0.795. The molecule has 15 heavy (non-hydrogen) atoms. The molecule has 0 amide bonds. The van der Waals surface area contributed by atoms with Gasteiger partial charge in [-0.15, -0.1) is 0 Å². The largest absolute Gasteiger partial charge is 0.380 e. The third-order valence-corrected chi connectivity index (χ3v) is 3.53. The Kier molecular flexibility index (Phi) is 3.99. The minimum atomic E-state index is 0.438. The summed E-state index contributed by atoms with van der Waals surface area (Å²) in [5, 5.41) is 0. The molecule has 1 fully saturated rings. The van der Waals surface area contributed by atoms with Gasteiger partial charge in [0.15, 0.2) is 0 Å². The highest BCUT2D eigenvalue weighted by Gasteiger charge is 2.21. The molecule has 0 radical (unpaired) electrons. The Morgan fingerprint density at radius 3 is 3.07 bits per heavy atom. The SMILES string of the molecule is CO[C@H]1CCN(Cc2cccc(I)c2)C1. The van der Waals surface area contributed by atoms with E-state index in [0.717, 1.165) is 19.6 Å². The van der Waals surface area contributed by atoms with Crippen molar-refractivity contribution in [3.05, 3.63) is 33.4 Å². The van der Waals surface area contributed by atoms with Crippen molar-refractivity contribution in [1.29, 1.82) is 0 Å². The second-order valence-electron chi connectivity index (χ2n) is 4.01. The first-order valence-corrected chi connectivity index (χ1v) is 6.35. The Labute approximate surface area is 105 Å². The van der Waals surface area contributed by atoms with Gasteiger partial charge in [-0.25, -0.2) is 0 Å². The van der Waals surface area contributed by atoms with Crippen molar-refractivity contribution in [3.63, 3.8) is 0 Å². The molecule has 1 saturated heterocycles. The second kappa shape index (κ2) is 5.27. The monoisotopic (exact) mass is 317 g/mol. The fraction of sp³-hybridized carbons (Fsp3) is 0.500. The minimum Gasteiger partial charge on any atom is -0.380 e. The number of halogens is 1. The van der Waals surface area contributed by atoms with Crippen molar-refractivity contribution in [2.75, 3.05) is 20.2 Å². The van der Waals surface area contributed by atoms with Crippen LogP contribution in [0.2, 0.25) is 0 Å². The molecule has 1 aliphatic heterocycles. The summed E-state index contributed by atoms with van der Waals surface area (Å²) in [6.07, 6.45) is 1.60. The van der Waals surface area contributed by atoms with Crippen molar-refractivity contribution in [1.82, 2.24) is 4.90 Å². The van der Waals surface area contributed by atoms with E-state index in [1.807, 2.05) is 0 Å². The van der Waals surface area contributed by atoms with Crippen LogP contribution in [0, 0.1) is 3.57 Å². The molecule has 82 valence electrons. The molecule has 0 unspecified atom stereocenters. The van der Waals surface area contributed by atoms with Crippen LogP contribution in [0.15, 0.2) is 24.3 Å². The standard InChI is InChI=1S/C12H16INO/c1-15-12-5-6-14(9-12)8-10-3-2-4-11(13)7-10/h2-4,7,12H,5-6,8-9H2,1H3/t12-/m0/s1. The lowest BCUT2D eigenvalue weighted by Gasteiger charge is -2.15. The minimum absolute atomic E-state index is 0.438. The maximum atomic E-state index is 5.36. The first kappa shape index (κ1) is 11.4. The number of hydrogen-bond donors (Lipinski definition) is 0. The van der Waals surface area contributed by atoms with Gasteiger partial charge < -0.3 is 4.74 Å². The van der Waals surface area contributed by atoms with Gasteiger partial charge in [-0.3, -0.25) is 4.90 Å². The average molecular weight is 317 g/mol. The third-order valence-electron chi connectivity index (χ3n) is 2.86. The van der Waals surface area contributed by atoms with Gasteiger partial charge in [-0.1, -0.05) is 12.1 Å². The lowest BCUT2D eigenvalue weighted by atomic mass is 10.2. The summed E-state index contributed by atoms with van der Waals surface area (Å²) in [5.74, 6) is 0. The lowest BCUT2D eigenvalue weighted by molar-refractivity contribution is 0.107. The number of methoxy groups -OCH3 is 1. The smallest absolute Gasteiger partial charge is 0.0710 e. The summed E-state index contributed by atoms with van der Waals surface area (Å²) >= 11 is 2.36. The van der Waals surface area contributed by atoms with Crippen LogP contribution in [-0.4, -0.2) is 31.2 Å². The highest BCUT2D eigenvalue weighted by molar-refractivity contribution is 14.1. The first-order chi connectivity index (χ1) is 7.28. The van der Waals surface area contributed by atoms with E-state index < -0.39 is 0 Å². The van der Waals surface area contributed by atoms with Crippen LogP contribution < -0.4 is 0 Å². The summed E-state index contributed by atoms with van der Waals surface area (Å²) in [4.78, 5) is 2.46. The summed E-state index contributed by atoms with van der Waals surface area (Å²) in [5.41, 5.74) is 1.40. The summed E-state index contributed by atoms with van der Waals surface area (Å²) in [6, 6.07) is 8.70. The van der Waals surface area contributed by atoms with Crippen LogP contribution in [0.1, 0.15) is 12.0 Å². The number of likely N-dealkylation sites (tertiary alicyclic amines) is 1. The van der Waals surface area contributed by atoms with E-state index in [2.05, 4.69) is 51.8 Å². The van der Waals surface area contributed by atoms with Gasteiger partial charge in [0.2, 0.25) is 0 Å². The zero-order chi connectivity index (χ0) is 10.7. The van der Waals surface area contributed by atoms with E-state index in [9.17, 15) is 0 Å². The van der Waals surface area contributed by atoms with Crippen molar-refractivity contribution < 1.29 is 4.74 Å². The molecule has 1 aliphatic rings. The Hall–Kier alpha value is -0.130. The predicted molar refractivity (Wildman–Crippen MR) is 69.9 cm³/mol. The molecule has 0 bridgehead atoms. The molecule has 1 atom stereocenters. The predicted octanol–water partition coefficient (Wildman–Crippen LogP) is 2.51. The molecule has 0 aromatic heterocycles. The summed E-state index contributed by atoms with van der Waals surface area (Å²) in [6.45, 7) is 3.28. The van der Waals surface area contributed by atoms with Crippen LogP contribution in [0.5, 0.6) is 0 Å². The number of ether oxygens (including phenoxy) is 1. The van der Waals surface area contributed by atoms with E-state index in [0.29, 0.717) is 6.10 Å². The number of nitrogens with zero attached hydrogens (tertiary/aromatic N) is 1. The average Bonchev–Trinajstić information content (AvgIpc) is 2.65. The van der Waals surface area contributed by atoms with Crippen molar-refractivity contribution in [3.8, 4) is 0 Å². The van der Waals surface area contributed by atoms with Crippen LogP contribution in [0.25, 0.3) is 0 Å². The van der Waals surface area contributed by atoms with Crippen molar-refractivity contribution in [2.45, 2.75) is 19.1 Å². The number of benzene rings is 1. The Morgan fingerprint density at radius 2 is 2.40 bits per heavy atom. The van der Waals surface area contributed by atoms with Crippen LogP contribution in [-0.2, 0) is 11.3 Å². The van der Waals surface area contributed by atoms with E-state index in [1.54, 1.807) is 7.11 Å². The van der Waals surface area contributed by atoms with Crippen molar-refractivity contribution >= 4 is 22.6 Å². The van der Waals surface area contributed by atoms with Crippen LogP contribution >= 0.6 is 22.6 Å². The number of hydrogen-bond acceptors (Lipinski definition) is 2. The molecule has 0 aliphatic carbocycles. The molecule has 2 nitrogen and oxygen atoms in total. The normalized spacial score (nSPS) is 22.1. The summed E-state index contributed by atoms with van der Waals surface area (Å²) < 4.78 is 6.67. The van der Waals surface area contributed by atoms with E-state index >= 15 is 0 Å². The molecular weight excluding hydrogens is 301 g/mol. The Bertz CT molecular complexity index is 329. The zero-order valence-electron chi connectivity index (χ0n) is 8.95. The van der Waals surface area contributed by atoms with Gasteiger partial charge in [0.1, 0.15) is 0 Å². The second-order valence-corrected chi connectivity index (χ2v) is 5.26. The van der Waals surface area contributed by atoms with Gasteiger partial charge in [0, 0.05) is 30.3 Å². The molecule has 0 saturated carbocycles. The Balaban J connectivity index is 1.92. The molecule has 0 spiro atoms. The molecule has 0 N–H and O–H groups in total. The molecule has 1 aromatic rings. The first-order valence-electron chi connectivity index (χ1n) is 5.27. The molecule has 2 rings (SSSR count). The Morgan fingerprint density at radius 1 is 1.53 bits per heavy atom. The fourth-order valence-corrected chi connectivity index (χ4v) is 2.63. The summed E-state index contributed by atoms with van der Waals surface area (Å²) in [7, 11) is 1.81. The van der Waals surface area contributed by atoms with Gasteiger partial charge in [0.05, 0.1) is 6.10 Å². The maximum Gasteiger partial charge on any atom is 0.0710 e. The van der Waals surface area contributed by atoms with E-state index in [-0.39, 0.29) is 0 Å². The van der Waals surface area contributed by atoms with Gasteiger partial charge >= 0.3 is 0 Å². The van der Waals surface area contributed by atoms with Gasteiger partial charge in [-0.05, 0) is 46.7 Å². The molecular formula is C12H16INO. The van der Waals surface area contributed by atoms with Crippen LogP contribution in [0.3, 0.4) is 0 Å². The maximum absolute atomic E-state index is 5.36. The molecule has 3 heteroatoms. The number of rotatable bonds is 3. The van der Waals surface area contributed by atoms with Gasteiger partial charge in [0.25, 0.3) is 0 Å². The highest BCUT2D eigenvalue weighted by atomic mass is 127. The van der Waals surface area contributed by atoms with Crippen LogP contribution in [0.4, 0.5) is 0 Å². The van der Waals surface area contributed by atoms with E-state index in [4.69, 9.17) is 4.74 Å². The van der Waals surface area contributed by atoms with Gasteiger partial charge in [-0.2, -0.15) is 0 Å². The van der Waals surface area contributed by atoms with Crippen molar-refractivity contribution in [2.24, 2.45) is 0 Å². The zero-order valence-corrected chi connectivity index (χ0v) is 11.1. The molecule has 1 heterocycles. The topological polar surface area (TPSA) is 12.5 Å². The lowest BCUT2D eigenvalue weighted by Crippen LogP contribution is -2.22. The third kappa shape index (κ3) is 3.16.